The molecule has 6 nitrogen and oxygen atoms in total. The monoisotopic (exact) mass is 360 g/mol. The highest BCUT2D eigenvalue weighted by atomic mass is 35.5. The molecule has 0 fully saturated rings. The molecule has 0 atom stereocenters. The first-order valence-corrected chi connectivity index (χ1v) is 7.80. The van der Waals surface area contributed by atoms with Crippen molar-refractivity contribution in [2.24, 2.45) is 0 Å². The third-order valence-corrected chi connectivity index (χ3v) is 4.15. The summed E-state index contributed by atoms with van der Waals surface area (Å²) in [5.74, 6) is 0.0815. The minimum Gasteiger partial charge on any atom is -0.478 e. The molecule has 0 spiro atoms. The fourth-order valence-electron chi connectivity index (χ4n) is 2.56. The summed E-state index contributed by atoms with van der Waals surface area (Å²) in [7, 11) is -1.62. The molecule has 0 radical (unpaired) electrons. The first kappa shape index (κ1) is 17.4. The van der Waals surface area contributed by atoms with Gasteiger partial charge in [0.1, 0.15) is 0 Å². The quantitative estimate of drug-likeness (QED) is 0.551. The van der Waals surface area contributed by atoms with Crippen molar-refractivity contribution in [3.8, 4) is 11.5 Å². The second-order valence-electron chi connectivity index (χ2n) is 5.48. The molecule has 8 heteroatoms. The highest BCUT2D eigenvalue weighted by molar-refractivity contribution is 6.58. The van der Waals surface area contributed by atoms with Crippen LogP contribution in [-0.4, -0.2) is 35.0 Å². The maximum Gasteiger partial charge on any atom is 0.488 e. The molecule has 0 aliphatic carbocycles. The van der Waals surface area contributed by atoms with Crippen molar-refractivity contribution in [3.63, 3.8) is 0 Å². The highest BCUT2D eigenvalue weighted by Crippen LogP contribution is 2.37. The van der Waals surface area contributed by atoms with Crippen molar-refractivity contribution >= 4 is 36.2 Å². The second-order valence-corrected chi connectivity index (χ2v) is 5.88. The number of carboxylic acid groups (broad SMARTS) is 1. The number of benzene rings is 2. The predicted molar refractivity (Wildman–Crippen MR) is 93.3 cm³/mol. The Morgan fingerprint density at radius 3 is 2.56 bits per heavy atom. The summed E-state index contributed by atoms with van der Waals surface area (Å²) in [4.78, 5) is 10.8. The molecule has 1 heterocycles. The van der Waals surface area contributed by atoms with Crippen molar-refractivity contribution in [2.45, 2.75) is 6.42 Å². The molecule has 0 bridgehead atoms. The average molecular weight is 361 g/mol. The maximum atomic E-state index is 10.8. The molecule has 128 valence electrons. The van der Waals surface area contributed by atoms with Crippen LogP contribution in [0.1, 0.15) is 16.7 Å². The van der Waals surface area contributed by atoms with E-state index in [0.717, 1.165) is 11.6 Å². The van der Waals surface area contributed by atoms with Gasteiger partial charge in [-0.1, -0.05) is 29.8 Å². The van der Waals surface area contributed by atoms with Crippen LogP contribution in [0.15, 0.2) is 36.4 Å². The van der Waals surface area contributed by atoms with Gasteiger partial charge in [-0.05, 0) is 40.7 Å². The number of fused-ring (bicyclic) bond motifs is 1. The second kappa shape index (κ2) is 7.19. The molecule has 2 aromatic carbocycles. The molecule has 2 aromatic rings. The number of aliphatic carboxylic acids is 1. The lowest BCUT2D eigenvalue weighted by atomic mass is 9.78. The molecule has 25 heavy (non-hydrogen) atoms. The molecule has 3 rings (SSSR count). The van der Waals surface area contributed by atoms with Gasteiger partial charge < -0.3 is 24.6 Å². The van der Waals surface area contributed by atoms with Gasteiger partial charge in [0.25, 0.3) is 0 Å². The molecular formula is C17H14BClO6. The summed E-state index contributed by atoms with van der Waals surface area (Å²) >= 11 is 6.29. The normalized spacial score (nSPS) is 12.6. The van der Waals surface area contributed by atoms with Gasteiger partial charge in [0.05, 0.1) is 0 Å². The molecule has 0 unspecified atom stereocenters. The zero-order chi connectivity index (χ0) is 18.0. The minimum atomic E-state index is -1.62. The van der Waals surface area contributed by atoms with E-state index in [1.807, 2.05) is 0 Å². The Morgan fingerprint density at radius 2 is 1.88 bits per heavy atom. The van der Waals surface area contributed by atoms with Crippen LogP contribution in [0.2, 0.25) is 5.02 Å². The number of rotatable bonds is 5. The SMILES string of the molecule is O=C(O)/C=C/c1ccc(B(O)O)cc1Cc1cc2c(cc1Cl)OCO2. The van der Waals surface area contributed by atoms with E-state index in [4.69, 9.17) is 26.2 Å². The molecule has 0 amide bonds. The Balaban J connectivity index is 2.00. The lowest BCUT2D eigenvalue weighted by Crippen LogP contribution is -2.30. The number of carboxylic acids is 1. The van der Waals surface area contributed by atoms with Crippen LogP contribution < -0.4 is 14.9 Å². The summed E-state index contributed by atoms with van der Waals surface area (Å²) in [5, 5.41) is 28.1. The van der Waals surface area contributed by atoms with Crippen molar-refractivity contribution in [3.05, 3.63) is 58.1 Å². The van der Waals surface area contributed by atoms with Crippen LogP contribution in [0.4, 0.5) is 0 Å². The summed E-state index contributed by atoms with van der Waals surface area (Å²) in [5.41, 5.74) is 2.39. The largest absolute Gasteiger partial charge is 0.488 e. The van der Waals surface area contributed by atoms with Crippen LogP contribution >= 0.6 is 11.6 Å². The number of ether oxygens (including phenoxy) is 2. The van der Waals surface area contributed by atoms with Gasteiger partial charge in [-0.15, -0.1) is 0 Å². The molecule has 0 aromatic heterocycles. The van der Waals surface area contributed by atoms with Gasteiger partial charge in [-0.3, -0.25) is 0 Å². The van der Waals surface area contributed by atoms with Gasteiger partial charge in [0, 0.05) is 17.2 Å². The van der Waals surface area contributed by atoms with Crippen LogP contribution in [0, 0.1) is 0 Å². The van der Waals surface area contributed by atoms with E-state index in [2.05, 4.69) is 0 Å². The first-order chi connectivity index (χ1) is 11.9. The van der Waals surface area contributed by atoms with Crippen molar-refractivity contribution < 1.29 is 29.4 Å². The van der Waals surface area contributed by atoms with Crippen LogP contribution in [0.25, 0.3) is 6.08 Å². The Kier molecular flexibility index (Phi) is 4.99. The average Bonchev–Trinajstić information content (AvgIpc) is 3.00. The van der Waals surface area contributed by atoms with Gasteiger partial charge in [-0.2, -0.15) is 0 Å². The van der Waals surface area contributed by atoms with Gasteiger partial charge >= 0.3 is 13.1 Å². The van der Waals surface area contributed by atoms with E-state index >= 15 is 0 Å². The molecule has 3 N–H and O–H groups in total. The highest BCUT2D eigenvalue weighted by Gasteiger charge is 2.18. The molecule has 0 saturated carbocycles. The van der Waals surface area contributed by atoms with Gasteiger partial charge in [0.15, 0.2) is 11.5 Å². The van der Waals surface area contributed by atoms with E-state index < -0.39 is 13.1 Å². The summed E-state index contributed by atoms with van der Waals surface area (Å²) in [6.45, 7) is 0.133. The summed E-state index contributed by atoms with van der Waals surface area (Å²) < 4.78 is 10.6. The van der Waals surface area contributed by atoms with E-state index in [-0.39, 0.29) is 6.79 Å². The Morgan fingerprint density at radius 1 is 1.16 bits per heavy atom. The van der Waals surface area contributed by atoms with E-state index in [0.29, 0.717) is 39.5 Å². The smallest absolute Gasteiger partial charge is 0.478 e. The van der Waals surface area contributed by atoms with Crippen LogP contribution in [0.3, 0.4) is 0 Å². The molecule has 1 aliphatic heterocycles. The Bertz CT molecular complexity index is 849. The summed E-state index contributed by atoms with van der Waals surface area (Å²) in [6, 6.07) is 8.18. The fourth-order valence-corrected chi connectivity index (χ4v) is 2.78. The van der Waals surface area contributed by atoms with Gasteiger partial charge in [-0.25, -0.2) is 4.79 Å². The summed E-state index contributed by atoms with van der Waals surface area (Å²) in [6.07, 6.45) is 2.83. The topological polar surface area (TPSA) is 96.2 Å². The first-order valence-electron chi connectivity index (χ1n) is 7.42. The van der Waals surface area contributed by atoms with Crippen molar-refractivity contribution in [1.29, 1.82) is 0 Å². The fraction of sp³-hybridized carbons (Fsp3) is 0.118. The predicted octanol–water partition coefficient (Wildman–Crippen LogP) is 1.44. The molecule has 0 saturated heterocycles. The van der Waals surface area contributed by atoms with E-state index in [9.17, 15) is 14.8 Å². The number of hydrogen-bond donors (Lipinski definition) is 3. The minimum absolute atomic E-state index is 0.133. The zero-order valence-corrected chi connectivity index (χ0v) is 13.7. The van der Waals surface area contributed by atoms with Crippen LogP contribution in [0.5, 0.6) is 11.5 Å². The Hall–Kier alpha value is -2.48. The number of carbonyl (C=O) groups is 1. The lowest BCUT2D eigenvalue weighted by Gasteiger charge is -2.11. The van der Waals surface area contributed by atoms with Gasteiger partial charge in [0.2, 0.25) is 6.79 Å². The van der Waals surface area contributed by atoms with E-state index in [1.54, 1.807) is 24.3 Å². The third kappa shape index (κ3) is 3.96. The standard InChI is InChI=1S/C17H14BClO6/c19-14-8-16-15(24-9-25-16)7-12(14)5-11-6-13(18(22)23)3-1-10(11)2-4-17(20)21/h1-4,6-8,22-23H,5,9H2,(H,20,21)/b4-2+. The lowest BCUT2D eigenvalue weighted by molar-refractivity contribution is -0.131. The molecular weight excluding hydrogens is 346 g/mol. The van der Waals surface area contributed by atoms with Crippen LogP contribution in [-0.2, 0) is 11.2 Å². The number of halogens is 1. The maximum absolute atomic E-state index is 10.8. The zero-order valence-electron chi connectivity index (χ0n) is 13.0. The van der Waals surface area contributed by atoms with Crippen molar-refractivity contribution in [1.82, 2.24) is 0 Å². The third-order valence-electron chi connectivity index (χ3n) is 3.79. The van der Waals surface area contributed by atoms with E-state index in [1.165, 1.54) is 12.1 Å². The molecule has 1 aliphatic rings. The van der Waals surface area contributed by atoms with Crippen molar-refractivity contribution in [2.75, 3.05) is 6.79 Å². The Labute approximate surface area is 149 Å². The number of hydrogen-bond acceptors (Lipinski definition) is 5.